The Balaban J connectivity index is 1.90. The predicted molar refractivity (Wildman–Crippen MR) is 75.5 cm³/mol. The predicted octanol–water partition coefficient (Wildman–Crippen LogP) is 2.81. The van der Waals surface area contributed by atoms with Crippen molar-refractivity contribution >= 4 is 27.9 Å². The molecule has 19 heavy (non-hydrogen) atoms. The average molecular weight is 294 g/mol. The van der Waals surface area contributed by atoms with Gasteiger partial charge in [-0.25, -0.2) is 0 Å². The molecule has 0 bridgehead atoms. The Morgan fingerprint density at radius 3 is 3.00 bits per heavy atom. The number of hydrogen-bond acceptors (Lipinski definition) is 5. The fraction of sp³-hybridized carbons (Fsp3) is 0.333. The maximum Gasteiger partial charge on any atom is 0.234 e. The van der Waals surface area contributed by atoms with E-state index in [0.717, 1.165) is 40.6 Å². The van der Waals surface area contributed by atoms with Crippen molar-refractivity contribution in [3.8, 4) is 11.4 Å². The minimum atomic E-state index is 0.699. The summed E-state index contributed by atoms with van der Waals surface area (Å²) in [7, 11) is 0. The van der Waals surface area contributed by atoms with E-state index in [1.807, 2.05) is 12.1 Å². The number of nitrogens with zero attached hydrogens (tertiary/aromatic N) is 5. The second kappa shape index (κ2) is 5.63. The first-order valence-electron chi connectivity index (χ1n) is 6.06. The third-order valence-corrected chi connectivity index (χ3v) is 3.95. The third kappa shape index (κ3) is 2.59. The molecule has 7 heteroatoms. The van der Waals surface area contributed by atoms with Crippen molar-refractivity contribution < 1.29 is 0 Å². The monoisotopic (exact) mass is 293 g/mol. The Hall–Kier alpha value is -1.53. The van der Waals surface area contributed by atoms with Gasteiger partial charge >= 0.3 is 0 Å². The Morgan fingerprint density at radius 2 is 2.21 bits per heavy atom. The molecule has 0 atom stereocenters. The molecule has 0 aliphatic heterocycles. The summed E-state index contributed by atoms with van der Waals surface area (Å²) in [5.41, 5.74) is 0.924. The van der Waals surface area contributed by atoms with E-state index >= 15 is 0 Å². The summed E-state index contributed by atoms with van der Waals surface area (Å²) >= 11 is 7.26. The van der Waals surface area contributed by atoms with Gasteiger partial charge in [-0.15, -0.1) is 21.8 Å². The highest BCUT2D eigenvalue weighted by atomic mass is 35.5. The van der Waals surface area contributed by atoms with Gasteiger partial charge in [-0.3, -0.25) is 4.98 Å². The van der Waals surface area contributed by atoms with E-state index in [-0.39, 0.29) is 0 Å². The largest absolute Gasteiger partial charge is 0.264 e. The minimum Gasteiger partial charge on any atom is -0.264 e. The maximum atomic E-state index is 5.68. The first kappa shape index (κ1) is 12.5. The SMILES string of the molecule is ClCCCCc1nn2c(-c3cccnc3)nnc2s1. The van der Waals surface area contributed by atoms with Crippen molar-refractivity contribution in [2.24, 2.45) is 0 Å². The van der Waals surface area contributed by atoms with Crippen LogP contribution in [0.3, 0.4) is 0 Å². The maximum absolute atomic E-state index is 5.68. The Labute approximate surface area is 119 Å². The lowest BCUT2D eigenvalue weighted by Gasteiger charge is -1.95. The van der Waals surface area contributed by atoms with E-state index in [4.69, 9.17) is 11.6 Å². The van der Waals surface area contributed by atoms with Gasteiger partial charge in [-0.2, -0.15) is 9.61 Å². The Kier molecular flexibility index (Phi) is 3.70. The van der Waals surface area contributed by atoms with Crippen molar-refractivity contribution in [3.05, 3.63) is 29.5 Å². The van der Waals surface area contributed by atoms with Crippen molar-refractivity contribution in [2.45, 2.75) is 19.3 Å². The van der Waals surface area contributed by atoms with Gasteiger partial charge in [0.25, 0.3) is 0 Å². The number of alkyl halides is 1. The Morgan fingerprint density at radius 1 is 1.26 bits per heavy atom. The summed E-state index contributed by atoms with van der Waals surface area (Å²) in [6.45, 7) is 0. The molecule has 98 valence electrons. The van der Waals surface area contributed by atoms with Gasteiger partial charge in [0.2, 0.25) is 4.96 Å². The summed E-state index contributed by atoms with van der Waals surface area (Å²) in [6.07, 6.45) is 6.50. The van der Waals surface area contributed by atoms with Gasteiger partial charge in [0.1, 0.15) is 5.01 Å². The number of aryl methyl sites for hydroxylation is 1. The van der Waals surface area contributed by atoms with Crippen molar-refractivity contribution in [1.29, 1.82) is 0 Å². The number of fused-ring (bicyclic) bond motifs is 1. The second-order valence-electron chi connectivity index (χ2n) is 4.10. The van der Waals surface area contributed by atoms with E-state index in [0.29, 0.717) is 5.88 Å². The fourth-order valence-corrected chi connectivity index (χ4v) is 2.87. The van der Waals surface area contributed by atoms with Crippen LogP contribution in [0, 0.1) is 0 Å². The van der Waals surface area contributed by atoms with Gasteiger partial charge < -0.3 is 0 Å². The highest BCUT2D eigenvalue weighted by molar-refractivity contribution is 7.16. The van der Waals surface area contributed by atoms with Crippen LogP contribution < -0.4 is 0 Å². The van der Waals surface area contributed by atoms with Crippen molar-refractivity contribution in [3.63, 3.8) is 0 Å². The van der Waals surface area contributed by atoms with E-state index in [1.54, 1.807) is 28.2 Å². The highest BCUT2D eigenvalue weighted by Crippen LogP contribution is 2.21. The molecule has 3 heterocycles. The number of pyridine rings is 1. The molecule has 0 aliphatic carbocycles. The number of rotatable bonds is 5. The molecule has 0 spiro atoms. The molecule has 0 amide bonds. The normalized spacial score (nSPS) is 11.2. The molecule has 0 unspecified atom stereocenters. The van der Waals surface area contributed by atoms with Crippen molar-refractivity contribution in [2.75, 3.05) is 5.88 Å². The molecule has 0 N–H and O–H groups in total. The smallest absolute Gasteiger partial charge is 0.234 e. The van der Waals surface area contributed by atoms with Gasteiger partial charge in [0.15, 0.2) is 5.82 Å². The zero-order chi connectivity index (χ0) is 13.1. The van der Waals surface area contributed by atoms with Gasteiger partial charge in [-0.05, 0) is 25.0 Å². The molecule has 5 nitrogen and oxygen atoms in total. The number of hydrogen-bond donors (Lipinski definition) is 0. The summed E-state index contributed by atoms with van der Waals surface area (Å²) in [6, 6.07) is 3.83. The Bertz CT molecular complexity index is 663. The van der Waals surface area contributed by atoms with Crippen molar-refractivity contribution in [1.82, 2.24) is 24.8 Å². The molecule has 0 saturated heterocycles. The summed E-state index contributed by atoms with van der Waals surface area (Å²) in [5.74, 6) is 1.44. The van der Waals surface area contributed by atoms with Crippen LogP contribution in [0.15, 0.2) is 24.5 Å². The van der Waals surface area contributed by atoms with Crippen LogP contribution >= 0.6 is 22.9 Å². The molecule has 3 aromatic rings. The third-order valence-electron chi connectivity index (χ3n) is 2.73. The van der Waals surface area contributed by atoms with Gasteiger partial charge in [-0.1, -0.05) is 11.3 Å². The first-order valence-corrected chi connectivity index (χ1v) is 7.41. The summed E-state index contributed by atoms with van der Waals surface area (Å²) in [5, 5.41) is 14.0. The molecule has 0 fully saturated rings. The molecule has 0 saturated carbocycles. The molecule has 0 aliphatic rings. The molecule has 0 radical (unpaired) electrons. The van der Waals surface area contributed by atoms with E-state index < -0.39 is 0 Å². The first-order chi connectivity index (χ1) is 9.38. The second-order valence-corrected chi connectivity index (χ2v) is 5.52. The zero-order valence-corrected chi connectivity index (χ0v) is 11.7. The number of unbranched alkanes of at least 4 members (excludes halogenated alkanes) is 1. The van der Waals surface area contributed by atoms with Gasteiger partial charge in [0, 0.05) is 30.3 Å². The lowest BCUT2D eigenvalue weighted by atomic mass is 10.3. The van der Waals surface area contributed by atoms with Crippen LogP contribution in [0.2, 0.25) is 0 Å². The van der Waals surface area contributed by atoms with Crippen LogP contribution in [0.5, 0.6) is 0 Å². The zero-order valence-electron chi connectivity index (χ0n) is 10.2. The van der Waals surface area contributed by atoms with Crippen LogP contribution in [0.4, 0.5) is 0 Å². The summed E-state index contributed by atoms with van der Waals surface area (Å²) in [4.78, 5) is 4.91. The average Bonchev–Trinajstić information content (AvgIpc) is 3.00. The topological polar surface area (TPSA) is 56.0 Å². The van der Waals surface area contributed by atoms with Crippen LogP contribution in [-0.2, 0) is 6.42 Å². The lowest BCUT2D eigenvalue weighted by molar-refractivity contribution is 0.774. The minimum absolute atomic E-state index is 0.699. The number of aromatic nitrogens is 5. The quantitative estimate of drug-likeness (QED) is 0.536. The highest BCUT2D eigenvalue weighted by Gasteiger charge is 2.12. The molecular weight excluding hydrogens is 282 g/mol. The molecule has 0 aromatic carbocycles. The lowest BCUT2D eigenvalue weighted by Crippen LogP contribution is -1.93. The van der Waals surface area contributed by atoms with Crippen LogP contribution in [-0.4, -0.2) is 30.7 Å². The summed E-state index contributed by atoms with van der Waals surface area (Å²) < 4.78 is 1.79. The number of halogens is 1. The van der Waals surface area contributed by atoms with E-state index in [1.165, 1.54) is 0 Å². The van der Waals surface area contributed by atoms with Gasteiger partial charge in [0.05, 0.1) is 0 Å². The molecular formula is C12H12ClN5S. The van der Waals surface area contributed by atoms with E-state index in [9.17, 15) is 0 Å². The fourth-order valence-electron chi connectivity index (χ4n) is 1.80. The molecule has 3 aromatic heterocycles. The standard InChI is InChI=1S/C12H12ClN5S/c13-6-2-1-5-10-17-18-11(15-16-12(18)19-10)9-4-3-7-14-8-9/h3-4,7-8H,1-2,5-6H2. The van der Waals surface area contributed by atoms with E-state index in [2.05, 4.69) is 20.3 Å². The molecule has 3 rings (SSSR count). The van der Waals surface area contributed by atoms with Crippen LogP contribution in [0.25, 0.3) is 16.3 Å². The van der Waals surface area contributed by atoms with Crippen LogP contribution in [0.1, 0.15) is 17.8 Å².